The van der Waals surface area contributed by atoms with E-state index < -0.39 is 0 Å². The van der Waals surface area contributed by atoms with Gasteiger partial charge in [0.1, 0.15) is 0 Å². The van der Waals surface area contributed by atoms with Gasteiger partial charge in [-0.25, -0.2) is 0 Å². The Bertz CT molecular complexity index is 423. The van der Waals surface area contributed by atoms with Gasteiger partial charge in [-0.15, -0.1) is 0 Å². The maximum absolute atomic E-state index is 12.5. The van der Waals surface area contributed by atoms with Crippen molar-refractivity contribution in [3.63, 3.8) is 0 Å². The molecule has 4 heteroatoms. The highest BCUT2D eigenvalue weighted by atomic mass is 16.2. The summed E-state index contributed by atoms with van der Waals surface area (Å²) >= 11 is 0. The van der Waals surface area contributed by atoms with Crippen LogP contribution >= 0.6 is 0 Å². The third-order valence-electron chi connectivity index (χ3n) is 4.84. The van der Waals surface area contributed by atoms with Gasteiger partial charge in [0, 0.05) is 25.4 Å². The molecule has 2 fully saturated rings. The van der Waals surface area contributed by atoms with E-state index >= 15 is 0 Å². The van der Waals surface area contributed by atoms with Crippen LogP contribution in [0.4, 0.5) is 0 Å². The number of rotatable bonds is 4. The Morgan fingerprint density at radius 1 is 1.15 bits per heavy atom. The monoisotopic (exact) mass is 275 g/mol. The van der Waals surface area contributed by atoms with Crippen molar-refractivity contribution in [2.45, 2.75) is 64.0 Å². The lowest BCUT2D eigenvalue weighted by molar-refractivity contribution is -0.133. The van der Waals surface area contributed by atoms with E-state index in [0.717, 1.165) is 32.4 Å². The molecule has 0 N–H and O–H groups in total. The topological polar surface area (TPSA) is 38.1 Å². The Morgan fingerprint density at radius 2 is 2.00 bits per heavy atom. The average Bonchev–Trinajstić information content (AvgIpc) is 3.12. The molecule has 1 atom stereocenters. The summed E-state index contributed by atoms with van der Waals surface area (Å²) in [6.45, 7) is 1.79. The molecule has 1 amide bonds. The third kappa shape index (κ3) is 3.22. The van der Waals surface area contributed by atoms with E-state index in [9.17, 15) is 4.79 Å². The minimum atomic E-state index is 0.353. The first kappa shape index (κ1) is 13.7. The highest BCUT2D eigenvalue weighted by molar-refractivity contribution is 5.77. The molecular weight excluding hydrogens is 250 g/mol. The number of amides is 1. The molecule has 1 aromatic rings. The van der Waals surface area contributed by atoms with Crippen molar-refractivity contribution in [3.05, 3.63) is 18.5 Å². The molecule has 1 saturated heterocycles. The first-order chi connectivity index (χ1) is 9.83. The van der Waals surface area contributed by atoms with Crippen LogP contribution in [0, 0.1) is 5.92 Å². The molecule has 1 aliphatic heterocycles. The smallest absolute Gasteiger partial charge is 0.223 e. The van der Waals surface area contributed by atoms with Crippen LogP contribution in [0.3, 0.4) is 0 Å². The number of hydrogen-bond acceptors (Lipinski definition) is 2. The van der Waals surface area contributed by atoms with Gasteiger partial charge in [0.2, 0.25) is 5.91 Å². The van der Waals surface area contributed by atoms with Crippen molar-refractivity contribution in [2.24, 2.45) is 5.92 Å². The van der Waals surface area contributed by atoms with Crippen LogP contribution < -0.4 is 0 Å². The molecule has 0 bridgehead atoms. The average molecular weight is 275 g/mol. The Labute approximate surface area is 121 Å². The van der Waals surface area contributed by atoms with Crippen LogP contribution in [0.25, 0.3) is 0 Å². The van der Waals surface area contributed by atoms with Crippen LogP contribution in [-0.2, 0) is 11.3 Å². The van der Waals surface area contributed by atoms with Crippen molar-refractivity contribution in [1.82, 2.24) is 14.7 Å². The normalized spacial score (nSPS) is 24.2. The number of carbonyl (C=O) groups is 1. The zero-order valence-corrected chi connectivity index (χ0v) is 12.2. The maximum atomic E-state index is 12.5. The zero-order valence-electron chi connectivity index (χ0n) is 12.2. The molecule has 4 nitrogen and oxygen atoms in total. The fourth-order valence-corrected chi connectivity index (χ4v) is 3.73. The van der Waals surface area contributed by atoms with Crippen molar-refractivity contribution < 1.29 is 4.79 Å². The summed E-state index contributed by atoms with van der Waals surface area (Å²) in [5.41, 5.74) is 0. The molecular formula is C16H25N3O. The summed E-state index contributed by atoms with van der Waals surface area (Å²) in [7, 11) is 0. The second-order valence-corrected chi connectivity index (χ2v) is 6.32. The second-order valence-electron chi connectivity index (χ2n) is 6.32. The summed E-state index contributed by atoms with van der Waals surface area (Å²) in [5, 5.41) is 4.27. The molecule has 2 aliphatic rings. The molecule has 1 aromatic heterocycles. The number of likely N-dealkylation sites (tertiary alicyclic amines) is 1. The SMILES string of the molecule is O=C(CC1CCCCC1)N1CCC[C@@H]1Cn1cccn1. The Balaban J connectivity index is 1.55. The molecule has 110 valence electrons. The maximum Gasteiger partial charge on any atom is 0.223 e. The predicted molar refractivity (Wildman–Crippen MR) is 78.2 cm³/mol. The predicted octanol–water partition coefficient (Wildman–Crippen LogP) is 2.84. The van der Waals surface area contributed by atoms with E-state index in [1.807, 2.05) is 23.1 Å². The van der Waals surface area contributed by atoms with Gasteiger partial charge in [0.25, 0.3) is 0 Å². The van der Waals surface area contributed by atoms with E-state index in [1.54, 1.807) is 0 Å². The number of aromatic nitrogens is 2. The fraction of sp³-hybridized carbons (Fsp3) is 0.750. The van der Waals surface area contributed by atoms with E-state index in [1.165, 1.54) is 32.1 Å². The quantitative estimate of drug-likeness (QED) is 0.847. The lowest BCUT2D eigenvalue weighted by Gasteiger charge is -2.28. The van der Waals surface area contributed by atoms with Crippen molar-refractivity contribution in [3.8, 4) is 0 Å². The number of carbonyl (C=O) groups excluding carboxylic acids is 1. The molecule has 0 radical (unpaired) electrons. The van der Waals surface area contributed by atoms with Crippen LogP contribution in [0.1, 0.15) is 51.4 Å². The molecule has 0 spiro atoms. The number of hydrogen-bond donors (Lipinski definition) is 0. The van der Waals surface area contributed by atoms with Crippen molar-refractivity contribution in [1.29, 1.82) is 0 Å². The van der Waals surface area contributed by atoms with Gasteiger partial charge in [-0.1, -0.05) is 19.3 Å². The molecule has 2 heterocycles. The minimum Gasteiger partial charge on any atom is -0.338 e. The summed E-state index contributed by atoms with van der Waals surface area (Å²) < 4.78 is 1.96. The Morgan fingerprint density at radius 3 is 2.75 bits per heavy atom. The van der Waals surface area contributed by atoms with Crippen molar-refractivity contribution >= 4 is 5.91 Å². The summed E-state index contributed by atoms with van der Waals surface area (Å²) in [5.74, 6) is 1.02. The number of nitrogens with zero attached hydrogens (tertiary/aromatic N) is 3. The van der Waals surface area contributed by atoms with Gasteiger partial charge in [-0.05, 0) is 37.7 Å². The van der Waals surface area contributed by atoms with Crippen LogP contribution in [0.2, 0.25) is 0 Å². The lowest BCUT2D eigenvalue weighted by atomic mass is 9.86. The largest absolute Gasteiger partial charge is 0.338 e. The van der Waals surface area contributed by atoms with Crippen molar-refractivity contribution in [2.75, 3.05) is 6.54 Å². The van der Waals surface area contributed by atoms with E-state index in [0.29, 0.717) is 17.9 Å². The Kier molecular flexibility index (Phi) is 4.38. The second kappa shape index (κ2) is 6.42. The molecule has 0 unspecified atom stereocenters. The molecule has 3 rings (SSSR count). The van der Waals surface area contributed by atoms with E-state index in [4.69, 9.17) is 0 Å². The van der Waals surface area contributed by atoms with Gasteiger partial charge >= 0.3 is 0 Å². The highest BCUT2D eigenvalue weighted by Gasteiger charge is 2.30. The lowest BCUT2D eigenvalue weighted by Crippen LogP contribution is -2.39. The summed E-state index contributed by atoms with van der Waals surface area (Å²) in [4.78, 5) is 14.7. The van der Waals surface area contributed by atoms with Crippen LogP contribution in [0.5, 0.6) is 0 Å². The van der Waals surface area contributed by atoms with E-state index in [2.05, 4.69) is 10.00 Å². The highest BCUT2D eigenvalue weighted by Crippen LogP contribution is 2.28. The van der Waals surface area contributed by atoms with Gasteiger partial charge < -0.3 is 4.90 Å². The van der Waals surface area contributed by atoms with Gasteiger partial charge in [-0.3, -0.25) is 9.48 Å². The molecule has 1 saturated carbocycles. The minimum absolute atomic E-state index is 0.353. The fourth-order valence-electron chi connectivity index (χ4n) is 3.73. The zero-order chi connectivity index (χ0) is 13.8. The first-order valence-electron chi connectivity index (χ1n) is 8.10. The van der Waals surface area contributed by atoms with Gasteiger partial charge in [0.15, 0.2) is 0 Å². The van der Waals surface area contributed by atoms with Gasteiger partial charge in [0.05, 0.1) is 12.6 Å². The molecule has 20 heavy (non-hydrogen) atoms. The van der Waals surface area contributed by atoms with E-state index in [-0.39, 0.29) is 0 Å². The summed E-state index contributed by atoms with van der Waals surface area (Å²) in [6.07, 6.45) is 13.3. The standard InChI is InChI=1S/C16H25N3O/c20-16(12-14-6-2-1-3-7-14)19-11-4-8-15(19)13-18-10-5-9-17-18/h5,9-10,14-15H,1-4,6-8,11-13H2/t15-/m1/s1. The van der Waals surface area contributed by atoms with Crippen LogP contribution in [0.15, 0.2) is 18.5 Å². The third-order valence-corrected chi connectivity index (χ3v) is 4.84. The van der Waals surface area contributed by atoms with Gasteiger partial charge in [-0.2, -0.15) is 5.10 Å². The first-order valence-corrected chi connectivity index (χ1v) is 8.10. The van der Waals surface area contributed by atoms with Crippen LogP contribution in [-0.4, -0.2) is 33.2 Å². The molecule has 1 aliphatic carbocycles. The Hall–Kier alpha value is -1.32. The molecule has 0 aromatic carbocycles. The summed E-state index contributed by atoms with van der Waals surface area (Å²) in [6, 6.07) is 2.30.